The summed E-state index contributed by atoms with van der Waals surface area (Å²) in [6, 6.07) is 18.2. The summed E-state index contributed by atoms with van der Waals surface area (Å²) in [7, 11) is 4.10. The highest BCUT2D eigenvalue weighted by molar-refractivity contribution is 7.97. The molecular weight excluding hydrogens is 490 g/mol. The Kier molecular flexibility index (Phi) is 7.70. The number of hydrogen-bond acceptors (Lipinski definition) is 6. The fourth-order valence-electron chi connectivity index (χ4n) is 5.01. The van der Waals surface area contributed by atoms with Gasteiger partial charge in [-0.2, -0.15) is 0 Å². The van der Waals surface area contributed by atoms with E-state index in [-0.39, 0.29) is 0 Å². The Balaban J connectivity index is 1.32. The van der Waals surface area contributed by atoms with Gasteiger partial charge in [0.1, 0.15) is 12.4 Å². The molecule has 2 aliphatic rings. The lowest BCUT2D eigenvalue weighted by Gasteiger charge is -2.38. The number of aliphatic hydroxyl groups is 1. The van der Waals surface area contributed by atoms with Crippen molar-refractivity contribution in [1.29, 1.82) is 0 Å². The van der Waals surface area contributed by atoms with Crippen LogP contribution in [0.2, 0.25) is 5.02 Å². The van der Waals surface area contributed by atoms with Gasteiger partial charge in [-0.15, -0.1) is 0 Å². The minimum atomic E-state index is -0.776. The van der Waals surface area contributed by atoms with Crippen LogP contribution in [0, 0.1) is 0 Å². The van der Waals surface area contributed by atoms with Crippen molar-refractivity contribution in [2.24, 2.45) is 0 Å². The molecule has 0 unspecified atom stereocenters. The van der Waals surface area contributed by atoms with Gasteiger partial charge in [0.25, 0.3) is 0 Å². The van der Waals surface area contributed by atoms with Gasteiger partial charge in [0.2, 0.25) is 0 Å². The van der Waals surface area contributed by atoms with E-state index < -0.39 is 5.60 Å². The van der Waals surface area contributed by atoms with Crippen LogP contribution in [-0.2, 0) is 12.2 Å². The van der Waals surface area contributed by atoms with Gasteiger partial charge < -0.3 is 14.7 Å². The van der Waals surface area contributed by atoms with E-state index in [1.807, 2.05) is 36.5 Å². The minimum absolute atomic E-state index is 0.468. The third kappa shape index (κ3) is 5.63. The van der Waals surface area contributed by atoms with Crippen LogP contribution in [0.3, 0.4) is 0 Å². The number of rotatable bonds is 6. The number of pyridine rings is 1. The summed E-state index contributed by atoms with van der Waals surface area (Å²) in [4.78, 5) is 8.23. The molecule has 1 N–H and O–H groups in total. The molecule has 0 atom stereocenters. The first-order valence-electron chi connectivity index (χ1n) is 12.4. The van der Waals surface area contributed by atoms with Gasteiger partial charge in [-0.1, -0.05) is 35.9 Å². The largest absolute Gasteiger partial charge is 0.487 e. The van der Waals surface area contributed by atoms with Crippen LogP contribution in [-0.4, -0.2) is 53.0 Å². The van der Waals surface area contributed by atoms with Gasteiger partial charge in [0.05, 0.1) is 11.3 Å². The molecular formula is C29H32ClN3O2S. The standard InChI is InChI=1S/C29H32ClN3O2S/c1-32(2)36-23-11-12-28-26(19-23)24(25-5-3-15-31-27(25)20-35-28)6-4-16-33-17-13-29(34,14-18-33)21-7-9-22(30)10-8-21/h3,5-12,15,19,34H,4,13-14,16-18,20H2,1-2H3/b24-6+. The molecule has 3 aromatic rings. The second kappa shape index (κ2) is 11.0. The second-order valence-electron chi connectivity index (χ2n) is 9.63. The average Bonchev–Trinajstić information content (AvgIpc) is 3.02. The maximum Gasteiger partial charge on any atom is 0.131 e. The predicted octanol–water partition coefficient (Wildman–Crippen LogP) is 6.00. The Bertz CT molecular complexity index is 1240. The molecule has 2 aliphatic heterocycles. The maximum atomic E-state index is 11.2. The lowest BCUT2D eigenvalue weighted by molar-refractivity contribution is -0.0254. The highest BCUT2D eigenvalue weighted by atomic mass is 35.5. The maximum absolute atomic E-state index is 11.2. The van der Waals surface area contributed by atoms with E-state index in [1.54, 1.807) is 11.9 Å². The zero-order valence-corrected chi connectivity index (χ0v) is 22.4. The Morgan fingerprint density at radius 1 is 1.11 bits per heavy atom. The fraction of sp³-hybridized carbons (Fsp3) is 0.345. The van der Waals surface area contributed by atoms with Crippen molar-refractivity contribution < 1.29 is 9.84 Å². The molecule has 0 aliphatic carbocycles. The van der Waals surface area contributed by atoms with Crippen molar-refractivity contribution in [3.05, 3.63) is 94.3 Å². The zero-order chi connectivity index (χ0) is 25.1. The Morgan fingerprint density at radius 3 is 2.64 bits per heavy atom. The number of likely N-dealkylation sites (tertiary alicyclic amines) is 1. The summed E-state index contributed by atoms with van der Waals surface area (Å²) >= 11 is 7.74. The first-order chi connectivity index (χ1) is 17.4. The van der Waals surface area contributed by atoms with Gasteiger partial charge in [0, 0.05) is 46.9 Å². The number of hydrogen-bond donors (Lipinski definition) is 1. The average molecular weight is 522 g/mol. The minimum Gasteiger partial charge on any atom is -0.487 e. The first kappa shape index (κ1) is 25.3. The van der Waals surface area contributed by atoms with E-state index in [2.05, 4.69) is 58.6 Å². The topological polar surface area (TPSA) is 48.8 Å². The van der Waals surface area contributed by atoms with Crippen molar-refractivity contribution in [1.82, 2.24) is 14.2 Å². The van der Waals surface area contributed by atoms with Gasteiger partial charge in [-0.25, -0.2) is 0 Å². The first-order valence-corrected chi connectivity index (χ1v) is 13.5. The van der Waals surface area contributed by atoms with Gasteiger partial charge >= 0.3 is 0 Å². The summed E-state index contributed by atoms with van der Waals surface area (Å²) < 4.78 is 8.26. The molecule has 1 saturated heterocycles. The molecule has 0 spiro atoms. The molecule has 0 amide bonds. The zero-order valence-electron chi connectivity index (χ0n) is 20.8. The number of nitrogens with zero attached hydrogens (tertiary/aromatic N) is 3. The SMILES string of the molecule is CN(C)Sc1ccc2c(c1)/C(=C/CCN1CCC(O)(c3ccc(Cl)cc3)CC1)c1cccnc1CO2. The van der Waals surface area contributed by atoms with Crippen LogP contribution in [0.25, 0.3) is 5.57 Å². The normalized spacial score (nSPS) is 18.4. The number of benzene rings is 2. The van der Waals surface area contributed by atoms with Crippen molar-refractivity contribution in [3.63, 3.8) is 0 Å². The number of halogens is 1. The lowest BCUT2D eigenvalue weighted by Crippen LogP contribution is -2.42. The fourth-order valence-corrected chi connectivity index (χ4v) is 5.86. The predicted molar refractivity (Wildman–Crippen MR) is 147 cm³/mol. The number of aromatic nitrogens is 1. The summed E-state index contributed by atoms with van der Waals surface area (Å²) in [5.74, 6) is 0.897. The lowest BCUT2D eigenvalue weighted by atomic mass is 9.84. The number of piperidine rings is 1. The molecule has 1 aromatic heterocycles. The van der Waals surface area contributed by atoms with E-state index in [4.69, 9.17) is 16.3 Å². The van der Waals surface area contributed by atoms with Crippen LogP contribution in [0.15, 0.2) is 71.8 Å². The van der Waals surface area contributed by atoms with E-state index in [1.165, 1.54) is 10.5 Å². The second-order valence-corrected chi connectivity index (χ2v) is 11.5. The van der Waals surface area contributed by atoms with Crippen molar-refractivity contribution in [2.75, 3.05) is 33.7 Å². The van der Waals surface area contributed by atoms with Crippen LogP contribution < -0.4 is 4.74 Å². The van der Waals surface area contributed by atoms with Crippen LogP contribution in [0.5, 0.6) is 5.75 Å². The van der Waals surface area contributed by atoms with Crippen LogP contribution in [0.1, 0.15) is 41.6 Å². The van der Waals surface area contributed by atoms with Gasteiger partial charge in [0.15, 0.2) is 0 Å². The molecule has 2 aromatic carbocycles. The van der Waals surface area contributed by atoms with Gasteiger partial charge in [-0.3, -0.25) is 9.29 Å². The van der Waals surface area contributed by atoms with Crippen molar-refractivity contribution in [2.45, 2.75) is 36.4 Å². The highest BCUT2D eigenvalue weighted by Crippen LogP contribution is 2.39. The Labute approximate surface area is 222 Å². The molecule has 188 valence electrons. The van der Waals surface area contributed by atoms with Crippen LogP contribution in [0.4, 0.5) is 0 Å². The van der Waals surface area contributed by atoms with Crippen LogP contribution >= 0.6 is 23.5 Å². The van der Waals surface area contributed by atoms with Crippen molar-refractivity contribution in [3.8, 4) is 5.75 Å². The monoisotopic (exact) mass is 521 g/mol. The van der Waals surface area contributed by atoms with E-state index in [0.29, 0.717) is 11.6 Å². The summed E-state index contributed by atoms with van der Waals surface area (Å²) in [5.41, 5.74) is 4.58. The smallest absolute Gasteiger partial charge is 0.131 e. The molecule has 5 nitrogen and oxygen atoms in total. The molecule has 36 heavy (non-hydrogen) atoms. The third-order valence-electron chi connectivity index (χ3n) is 6.93. The van der Waals surface area contributed by atoms with Gasteiger partial charge in [-0.05, 0) is 92.8 Å². The summed E-state index contributed by atoms with van der Waals surface area (Å²) in [5, 5.41) is 11.9. The molecule has 5 rings (SSSR count). The van der Waals surface area contributed by atoms with Crippen molar-refractivity contribution >= 4 is 29.1 Å². The molecule has 0 saturated carbocycles. The highest BCUT2D eigenvalue weighted by Gasteiger charge is 2.33. The number of ether oxygens (including phenoxy) is 1. The van der Waals surface area contributed by atoms with E-state index in [9.17, 15) is 5.11 Å². The Hall–Kier alpha value is -2.35. The van der Waals surface area contributed by atoms with E-state index in [0.717, 1.165) is 67.0 Å². The quantitative estimate of drug-likeness (QED) is 0.401. The van der Waals surface area contributed by atoms with E-state index >= 15 is 0 Å². The summed E-state index contributed by atoms with van der Waals surface area (Å²) in [6.07, 6.45) is 6.52. The molecule has 3 heterocycles. The Morgan fingerprint density at radius 2 is 1.89 bits per heavy atom. The third-order valence-corrected chi connectivity index (χ3v) is 8.01. The number of fused-ring (bicyclic) bond motifs is 2. The molecule has 1 fully saturated rings. The molecule has 7 heteroatoms. The molecule has 0 bridgehead atoms. The summed E-state index contributed by atoms with van der Waals surface area (Å²) in [6.45, 7) is 3.14. The molecule has 0 radical (unpaired) electrons.